The number of aliphatic hydroxyl groups excluding tert-OH is 2. The predicted molar refractivity (Wildman–Crippen MR) is 148 cm³/mol. The minimum atomic E-state index is -6.14. The zero-order valence-electron chi connectivity index (χ0n) is 29.6. The molecule has 0 aromatic carbocycles. The molecule has 3 rings (SSSR count). The first-order valence-corrected chi connectivity index (χ1v) is 14.2. The Labute approximate surface area is 253 Å². The van der Waals surface area contributed by atoms with Crippen molar-refractivity contribution in [2.75, 3.05) is 0 Å². The molecular weight excluding hydrogens is 562 g/mol. The maximum Gasteiger partial charge on any atom is 0.438 e. The smallest absolute Gasteiger partial charge is 0.393 e. The Morgan fingerprint density at radius 3 is 2.38 bits per heavy atom. The number of aliphatic hydroxyl groups is 4. The van der Waals surface area contributed by atoms with Gasteiger partial charge in [0.15, 0.2) is 0 Å². The van der Waals surface area contributed by atoms with Crippen LogP contribution in [0, 0.1) is 35.0 Å². The molecule has 0 bridgehead atoms. The molecule has 0 amide bonds. The summed E-state index contributed by atoms with van der Waals surface area (Å²) in [5.74, 6) is 1.83. The van der Waals surface area contributed by atoms with Crippen LogP contribution in [0.1, 0.15) is 99.5 Å². The monoisotopic (exact) mass is 612 g/mol. The van der Waals surface area contributed by atoms with Crippen molar-refractivity contribution in [3.63, 3.8) is 0 Å². The molecule has 3 aliphatic rings. The summed E-state index contributed by atoms with van der Waals surface area (Å²) in [6.07, 6.45) is -7.99. The van der Waals surface area contributed by atoms with Crippen molar-refractivity contribution in [1.82, 2.24) is 0 Å². The highest BCUT2D eigenvalue weighted by molar-refractivity contribution is 5.38. The van der Waals surface area contributed by atoms with E-state index in [2.05, 4.69) is 6.58 Å². The van der Waals surface area contributed by atoms with Crippen molar-refractivity contribution in [2.24, 2.45) is 23.2 Å². The van der Waals surface area contributed by atoms with Gasteiger partial charge in [-0.15, -0.1) is 0 Å². The summed E-state index contributed by atoms with van der Waals surface area (Å²) in [7, 11) is 0. The maximum atomic E-state index is 13.3. The zero-order valence-corrected chi connectivity index (χ0v) is 23.6. The van der Waals surface area contributed by atoms with E-state index in [1.54, 1.807) is 0 Å². The molecule has 238 valence electrons. The van der Waals surface area contributed by atoms with Gasteiger partial charge in [0.25, 0.3) is 0 Å². The molecule has 42 heavy (non-hydrogen) atoms. The fraction of sp³-hybridized carbons (Fsp3) is 0.750. The summed E-state index contributed by atoms with van der Waals surface area (Å²) in [5.41, 5.74) is -6.62. The van der Waals surface area contributed by atoms with E-state index in [0.29, 0.717) is 49.7 Å². The molecule has 4 N–H and O–H groups in total. The van der Waals surface area contributed by atoms with Crippen molar-refractivity contribution in [3.8, 4) is 11.8 Å². The third-order valence-corrected chi connectivity index (χ3v) is 9.44. The van der Waals surface area contributed by atoms with Crippen LogP contribution < -0.4 is 0 Å². The van der Waals surface area contributed by atoms with Gasteiger partial charge in [0, 0.05) is 21.1 Å². The first kappa shape index (κ1) is 26.6. The molecule has 0 aromatic rings. The lowest BCUT2D eigenvalue weighted by molar-refractivity contribution is -0.343. The highest BCUT2D eigenvalue weighted by atomic mass is 19.4. The van der Waals surface area contributed by atoms with Crippen molar-refractivity contribution in [3.05, 3.63) is 35.5 Å². The molecule has 3 fully saturated rings. The maximum absolute atomic E-state index is 13.3. The minimum absolute atomic E-state index is 0.0424. The fourth-order valence-electron chi connectivity index (χ4n) is 7.20. The summed E-state index contributed by atoms with van der Waals surface area (Å²) in [5, 5.41) is 40.6. The van der Waals surface area contributed by atoms with Crippen LogP contribution in [0.25, 0.3) is 0 Å². The lowest BCUT2D eigenvalue weighted by Gasteiger charge is -2.45. The van der Waals surface area contributed by atoms with Crippen molar-refractivity contribution in [1.29, 1.82) is 0 Å². The number of hydrogen-bond donors (Lipinski definition) is 4. The largest absolute Gasteiger partial charge is 0.438 e. The summed E-state index contributed by atoms with van der Waals surface area (Å²) >= 11 is 0. The van der Waals surface area contributed by atoms with Gasteiger partial charge < -0.3 is 20.4 Å². The van der Waals surface area contributed by atoms with Crippen LogP contribution in [0.5, 0.6) is 0 Å². The normalized spacial score (nSPS) is 34.8. The summed E-state index contributed by atoms with van der Waals surface area (Å²) in [4.78, 5) is 0. The Hall–Kier alpha value is -1.80. The van der Waals surface area contributed by atoms with Crippen LogP contribution in [0.3, 0.4) is 0 Å². The van der Waals surface area contributed by atoms with Gasteiger partial charge in [0.2, 0.25) is 0 Å². The molecule has 10 heteroatoms. The van der Waals surface area contributed by atoms with Crippen LogP contribution >= 0.6 is 0 Å². The second-order valence-electron chi connectivity index (χ2n) is 12.4. The van der Waals surface area contributed by atoms with Crippen molar-refractivity contribution < 1.29 is 55.0 Å². The third kappa shape index (κ3) is 7.64. The Kier molecular flexibility index (Phi) is 8.02. The summed E-state index contributed by atoms with van der Waals surface area (Å²) in [6.45, 7) is -0.707. The van der Waals surface area contributed by atoms with Gasteiger partial charge >= 0.3 is 18.0 Å². The van der Waals surface area contributed by atoms with Crippen LogP contribution in [-0.2, 0) is 0 Å². The van der Waals surface area contributed by atoms with Crippen LogP contribution in [0.2, 0.25) is 0 Å². The van der Waals surface area contributed by atoms with E-state index in [4.69, 9.17) is 8.22 Å². The van der Waals surface area contributed by atoms with E-state index in [1.165, 1.54) is 0 Å². The minimum Gasteiger partial charge on any atom is -0.393 e. The van der Waals surface area contributed by atoms with Gasteiger partial charge in [-0.05, 0) is 105 Å². The molecule has 3 saturated carbocycles. The average molecular weight is 613 g/mol. The number of allylic oxidation sites excluding steroid dienone is 3. The van der Waals surface area contributed by atoms with E-state index in [0.717, 1.165) is 11.5 Å². The first-order chi connectivity index (χ1) is 21.7. The fourth-order valence-corrected chi connectivity index (χ4v) is 7.20. The van der Waals surface area contributed by atoms with Crippen LogP contribution in [-0.4, -0.2) is 56.2 Å². The number of alkyl halides is 6. The van der Waals surface area contributed by atoms with Gasteiger partial charge in [-0.1, -0.05) is 43.6 Å². The Morgan fingerprint density at radius 2 is 1.76 bits per heavy atom. The lowest BCUT2D eigenvalue weighted by atomic mass is 9.60. The molecule has 4 nitrogen and oxygen atoms in total. The second kappa shape index (κ2) is 12.7. The van der Waals surface area contributed by atoms with E-state index in [9.17, 15) is 46.8 Å². The molecule has 0 radical (unpaired) electrons. The second-order valence-corrected chi connectivity index (χ2v) is 12.4. The molecule has 0 aromatic heterocycles. The van der Waals surface area contributed by atoms with Gasteiger partial charge in [0.05, 0.1) is 17.8 Å². The predicted octanol–water partition coefficient (Wildman–Crippen LogP) is 6.93. The van der Waals surface area contributed by atoms with Gasteiger partial charge in [-0.3, -0.25) is 0 Å². The molecule has 0 aliphatic heterocycles. The molecule has 3 aliphatic carbocycles. The molecule has 0 saturated heterocycles. The summed E-state index contributed by atoms with van der Waals surface area (Å²) < 4.78 is 126. The lowest BCUT2D eigenvalue weighted by Crippen LogP contribution is -2.55. The van der Waals surface area contributed by atoms with Gasteiger partial charge in [-0.2, -0.15) is 26.3 Å². The van der Waals surface area contributed by atoms with Gasteiger partial charge in [0.1, 0.15) is 0 Å². The Balaban J connectivity index is 1.97. The number of hydrogen-bond acceptors (Lipinski definition) is 4. The SMILES string of the molecule is [2H]C([2H])([2H])C(O)(CCC[C@@H](CC#CC(O)(C(F)(F)F)C(F)(F)F)[C@H]1CC[C@H]2/C(=C/C=C3/C[C@@H](O)C[C@H](O)C3=C)CCC[C@]12C)C([2H])([2H])[2H]. The molecule has 0 heterocycles. The van der Waals surface area contributed by atoms with Gasteiger partial charge in [-0.25, -0.2) is 0 Å². The number of rotatable bonds is 7. The Morgan fingerprint density at radius 1 is 1.10 bits per heavy atom. The van der Waals surface area contributed by atoms with E-state index >= 15 is 0 Å². The molecule has 6 atom stereocenters. The molecule has 0 spiro atoms. The summed E-state index contributed by atoms with van der Waals surface area (Å²) in [6, 6.07) is 0. The molecule has 0 unspecified atom stereocenters. The van der Waals surface area contributed by atoms with E-state index in [1.807, 2.05) is 25.0 Å². The third-order valence-electron chi connectivity index (χ3n) is 9.44. The standard InChI is InChI=1S/C32H44F6O4/c1-20-23(18-24(39)19-27(20)40)12-11-22-9-6-16-29(4)25(13-14-26(22)29)21(8-5-15-28(2,3)41)10-7-17-30(42,31(33,34)35)32(36,37)38/h11-12,21,24-27,39-42H,1,5-6,8-10,13-16,18-19H2,2-4H3/b22-11+,23-12-/t21-,24+,25+,26-,27-,29+/m0/s1/i2D3,3D3. The quantitative estimate of drug-likeness (QED) is 0.186. The first-order valence-electron chi connectivity index (χ1n) is 17.2. The van der Waals surface area contributed by atoms with Crippen molar-refractivity contribution in [2.45, 2.75) is 127 Å². The van der Waals surface area contributed by atoms with Crippen LogP contribution in [0.15, 0.2) is 35.5 Å². The number of halogens is 6. The van der Waals surface area contributed by atoms with E-state index in [-0.39, 0.29) is 31.1 Å². The van der Waals surface area contributed by atoms with Crippen molar-refractivity contribution >= 4 is 0 Å². The molecular formula is C32H44F6O4. The van der Waals surface area contributed by atoms with E-state index < -0.39 is 73.6 Å². The highest BCUT2D eigenvalue weighted by Crippen LogP contribution is 2.60. The average Bonchev–Trinajstić information content (AvgIpc) is 3.28. The van der Waals surface area contributed by atoms with Crippen LogP contribution in [0.4, 0.5) is 26.3 Å². The highest BCUT2D eigenvalue weighted by Gasteiger charge is 2.70. The topological polar surface area (TPSA) is 80.9 Å². The number of fused-ring (bicyclic) bond motifs is 1. The zero-order chi connectivity index (χ0) is 36.7. The Bertz CT molecular complexity index is 1280.